The third-order valence-corrected chi connectivity index (χ3v) is 5.30. The van der Waals surface area contributed by atoms with Gasteiger partial charge in [-0.25, -0.2) is 9.97 Å². The highest BCUT2D eigenvalue weighted by atomic mass is 16.5. The van der Waals surface area contributed by atoms with Gasteiger partial charge < -0.3 is 10.1 Å². The lowest BCUT2D eigenvalue weighted by atomic mass is 10.1. The van der Waals surface area contributed by atoms with Gasteiger partial charge in [0.2, 0.25) is 0 Å². The molecule has 1 fully saturated rings. The van der Waals surface area contributed by atoms with E-state index < -0.39 is 0 Å². The second kappa shape index (κ2) is 8.68. The number of ether oxygens (including phenoxy) is 1. The van der Waals surface area contributed by atoms with Gasteiger partial charge >= 0.3 is 0 Å². The van der Waals surface area contributed by atoms with Crippen LogP contribution in [-0.2, 0) is 11.3 Å². The topological polar surface area (TPSA) is 67.4 Å². The zero-order valence-electron chi connectivity index (χ0n) is 16.9. The fraction of sp³-hybridized carbons (Fsp3) is 0.348. The van der Waals surface area contributed by atoms with Crippen molar-refractivity contribution in [3.63, 3.8) is 0 Å². The molecule has 1 saturated heterocycles. The minimum atomic E-state index is -0.115. The van der Waals surface area contributed by atoms with Gasteiger partial charge in [-0.2, -0.15) is 0 Å². The summed E-state index contributed by atoms with van der Waals surface area (Å²) in [5, 5.41) is 3.00. The van der Waals surface area contributed by atoms with Crippen molar-refractivity contribution in [3.05, 3.63) is 71.0 Å². The predicted octanol–water partition coefficient (Wildman–Crippen LogP) is 2.88. The lowest BCUT2D eigenvalue weighted by molar-refractivity contribution is -0.0292. The Hall–Kier alpha value is -2.83. The summed E-state index contributed by atoms with van der Waals surface area (Å²) < 4.78 is 5.85. The number of aryl methyl sites for hydroxylation is 2. The maximum atomic E-state index is 12.6. The van der Waals surface area contributed by atoms with Crippen LogP contribution in [0.5, 0.6) is 0 Å². The van der Waals surface area contributed by atoms with Gasteiger partial charge in [-0.1, -0.05) is 30.3 Å². The number of amides is 1. The number of carbonyl (C=O) groups is 1. The molecule has 0 bridgehead atoms. The lowest BCUT2D eigenvalue weighted by Crippen LogP contribution is -2.47. The van der Waals surface area contributed by atoms with Crippen LogP contribution < -0.4 is 5.32 Å². The van der Waals surface area contributed by atoms with Crippen LogP contribution in [-0.4, -0.2) is 53.1 Å². The van der Waals surface area contributed by atoms with Crippen LogP contribution in [0, 0.1) is 13.8 Å². The SMILES string of the molecule is Cc1nc2ccc(C(=O)NC[C@H]3CN(Cc4ccccc4)CCO3)cc2nc1C. The molecule has 2 heterocycles. The average Bonchev–Trinajstić information content (AvgIpc) is 2.73. The van der Waals surface area contributed by atoms with Crippen LogP contribution >= 0.6 is 0 Å². The van der Waals surface area contributed by atoms with Crippen LogP contribution in [0.15, 0.2) is 48.5 Å². The third-order valence-electron chi connectivity index (χ3n) is 5.30. The van der Waals surface area contributed by atoms with Gasteiger partial charge in [0.25, 0.3) is 5.91 Å². The molecule has 6 heteroatoms. The first-order chi connectivity index (χ1) is 14.1. The molecule has 4 rings (SSSR count). The number of hydrogen-bond donors (Lipinski definition) is 1. The molecule has 1 aromatic heterocycles. The normalized spacial score (nSPS) is 17.4. The first-order valence-electron chi connectivity index (χ1n) is 9.99. The predicted molar refractivity (Wildman–Crippen MR) is 113 cm³/mol. The summed E-state index contributed by atoms with van der Waals surface area (Å²) in [7, 11) is 0. The lowest BCUT2D eigenvalue weighted by Gasteiger charge is -2.33. The van der Waals surface area contributed by atoms with Crippen LogP contribution in [0.2, 0.25) is 0 Å². The second-order valence-electron chi connectivity index (χ2n) is 7.52. The van der Waals surface area contributed by atoms with Crippen molar-refractivity contribution in [2.45, 2.75) is 26.5 Å². The standard InChI is InChI=1S/C23H26N4O2/c1-16-17(2)26-22-12-19(8-9-21(22)25-16)23(28)24-13-20-15-27(10-11-29-20)14-18-6-4-3-5-7-18/h3-9,12,20H,10-11,13-15H2,1-2H3,(H,24,28)/t20-/m0/s1. The van der Waals surface area contributed by atoms with Gasteiger partial charge in [-0.15, -0.1) is 0 Å². The van der Waals surface area contributed by atoms with Crippen molar-refractivity contribution >= 4 is 16.9 Å². The van der Waals surface area contributed by atoms with E-state index in [9.17, 15) is 4.79 Å². The molecule has 0 radical (unpaired) electrons. The summed E-state index contributed by atoms with van der Waals surface area (Å²) in [4.78, 5) is 24.1. The van der Waals surface area contributed by atoms with E-state index in [1.165, 1.54) is 5.56 Å². The summed E-state index contributed by atoms with van der Waals surface area (Å²) in [5.74, 6) is -0.115. The Morgan fingerprint density at radius 2 is 1.86 bits per heavy atom. The van der Waals surface area contributed by atoms with Crippen molar-refractivity contribution in [1.82, 2.24) is 20.2 Å². The summed E-state index contributed by atoms with van der Waals surface area (Å²) in [6, 6.07) is 15.9. The van der Waals surface area contributed by atoms with E-state index in [0.29, 0.717) is 18.7 Å². The van der Waals surface area contributed by atoms with Crippen molar-refractivity contribution in [2.24, 2.45) is 0 Å². The molecule has 0 spiro atoms. The van der Waals surface area contributed by atoms with Crippen molar-refractivity contribution in [3.8, 4) is 0 Å². The zero-order chi connectivity index (χ0) is 20.2. The summed E-state index contributed by atoms with van der Waals surface area (Å²) in [6.45, 7) is 7.64. The fourth-order valence-corrected chi connectivity index (χ4v) is 3.57. The molecule has 29 heavy (non-hydrogen) atoms. The number of nitrogens with zero attached hydrogens (tertiary/aromatic N) is 3. The first-order valence-corrected chi connectivity index (χ1v) is 9.99. The Morgan fingerprint density at radius 3 is 2.66 bits per heavy atom. The van der Waals surface area contributed by atoms with Crippen molar-refractivity contribution in [2.75, 3.05) is 26.2 Å². The van der Waals surface area contributed by atoms with Crippen molar-refractivity contribution < 1.29 is 9.53 Å². The molecule has 0 unspecified atom stereocenters. The number of carbonyl (C=O) groups excluding carboxylic acids is 1. The highest BCUT2D eigenvalue weighted by Crippen LogP contribution is 2.15. The van der Waals surface area contributed by atoms with Gasteiger partial charge in [-0.3, -0.25) is 9.69 Å². The molecule has 0 aliphatic carbocycles. The number of nitrogens with one attached hydrogen (secondary N) is 1. The van der Waals surface area contributed by atoms with Crippen LogP contribution in [0.1, 0.15) is 27.3 Å². The number of rotatable bonds is 5. The molecule has 6 nitrogen and oxygen atoms in total. The quantitative estimate of drug-likeness (QED) is 0.726. The summed E-state index contributed by atoms with van der Waals surface area (Å²) in [6.07, 6.45) is -0.0124. The fourth-order valence-electron chi connectivity index (χ4n) is 3.57. The summed E-state index contributed by atoms with van der Waals surface area (Å²) >= 11 is 0. The van der Waals surface area contributed by atoms with Crippen LogP contribution in [0.25, 0.3) is 11.0 Å². The van der Waals surface area contributed by atoms with Crippen LogP contribution in [0.3, 0.4) is 0 Å². The average molecular weight is 390 g/mol. The Bertz CT molecular complexity index is 1010. The largest absolute Gasteiger partial charge is 0.374 e. The minimum absolute atomic E-state index is 0.0124. The van der Waals surface area contributed by atoms with Gasteiger partial charge in [0.1, 0.15) is 0 Å². The van der Waals surface area contributed by atoms with Gasteiger partial charge in [-0.05, 0) is 37.6 Å². The van der Waals surface area contributed by atoms with Gasteiger partial charge in [0.05, 0.1) is 35.1 Å². The van der Waals surface area contributed by atoms with Gasteiger partial charge in [0.15, 0.2) is 0 Å². The molecular formula is C23H26N4O2. The zero-order valence-corrected chi connectivity index (χ0v) is 16.9. The molecular weight excluding hydrogens is 364 g/mol. The number of hydrogen-bond acceptors (Lipinski definition) is 5. The number of morpholine rings is 1. The monoisotopic (exact) mass is 390 g/mol. The Labute approximate surface area is 170 Å². The Morgan fingerprint density at radius 1 is 1.10 bits per heavy atom. The Balaban J connectivity index is 1.35. The molecule has 3 aromatic rings. The highest BCUT2D eigenvalue weighted by Gasteiger charge is 2.21. The molecule has 1 aliphatic heterocycles. The van der Waals surface area contributed by atoms with E-state index in [4.69, 9.17) is 4.74 Å². The van der Waals surface area contributed by atoms with E-state index >= 15 is 0 Å². The summed E-state index contributed by atoms with van der Waals surface area (Å²) in [5.41, 5.74) is 5.21. The Kier molecular flexibility index (Phi) is 5.83. The molecule has 150 valence electrons. The minimum Gasteiger partial charge on any atom is -0.374 e. The third kappa shape index (κ3) is 4.78. The number of benzene rings is 2. The van der Waals surface area contributed by atoms with E-state index in [1.54, 1.807) is 12.1 Å². The molecule has 1 aliphatic rings. The van der Waals surface area contributed by atoms with E-state index in [0.717, 1.165) is 42.1 Å². The van der Waals surface area contributed by atoms with Crippen LogP contribution in [0.4, 0.5) is 0 Å². The van der Waals surface area contributed by atoms with Gasteiger partial charge in [0, 0.05) is 31.7 Å². The van der Waals surface area contributed by atoms with Crippen molar-refractivity contribution in [1.29, 1.82) is 0 Å². The van der Waals surface area contributed by atoms with E-state index in [1.807, 2.05) is 26.0 Å². The van der Waals surface area contributed by atoms with E-state index in [-0.39, 0.29) is 12.0 Å². The molecule has 1 atom stereocenters. The molecule has 1 amide bonds. The number of fused-ring (bicyclic) bond motifs is 1. The smallest absolute Gasteiger partial charge is 0.251 e. The second-order valence-corrected chi connectivity index (χ2v) is 7.52. The first kappa shape index (κ1) is 19.5. The maximum absolute atomic E-state index is 12.6. The van der Waals surface area contributed by atoms with E-state index in [2.05, 4.69) is 44.5 Å². The maximum Gasteiger partial charge on any atom is 0.251 e. The number of aromatic nitrogens is 2. The molecule has 1 N–H and O–H groups in total. The molecule has 0 saturated carbocycles. The highest BCUT2D eigenvalue weighted by molar-refractivity contribution is 5.97. The molecule has 2 aromatic carbocycles.